The Bertz CT molecular complexity index is 1440. The fourth-order valence-corrected chi connectivity index (χ4v) is 7.71. The summed E-state index contributed by atoms with van der Waals surface area (Å²) in [5, 5.41) is 163. The van der Waals surface area contributed by atoms with Crippen LogP contribution in [0.2, 0.25) is 0 Å². The zero-order chi connectivity index (χ0) is 45.9. The number of nitrogens with one attached hydrogen (secondary N) is 2. The van der Waals surface area contributed by atoms with Gasteiger partial charge in [-0.2, -0.15) is 0 Å². The molecule has 0 saturated carbocycles. The van der Waals surface area contributed by atoms with Gasteiger partial charge >= 0.3 is 0 Å². The summed E-state index contributed by atoms with van der Waals surface area (Å²) in [6, 6.07) is -3.13. The molecule has 62 heavy (non-hydrogen) atoms. The van der Waals surface area contributed by atoms with Crippen LogP contribution >= 0.6 is 0 Å². The number of hydrogen-bond donors (Lipinski definition) is 17. The smallest absolute Gasteiger partial charge is 0.217 e. The molecule has 2 amide bonds. The largest absolute Gasteiger partial charge is 0.394 e. The summed E-state index contributed by atoms with van der Waals surface area (Å²) < 4.78 is 51.1. The Morgan fingerprint density at radius 1 is 0.419 bits per heavy atom. The van der Waals surface area contributed by atoms with Crippen LogP contribution < -0.4 is 10.6 Å². The second kappa shape index (κ2) is 22.0. The van der Waals surface area contributed by atoms with Gasteiger partial charge in [0.25, 0.3) is 0 Å². The van der Waals surface area contributed by atoms with Gasteiger partial charge in [0, 0.05) is 13.8 Å². The van der Waals surface area contributed by atoms with Crippen LogP contribution in [-0.2, 0) is 52.2 Å². The van der Waals surface area contributed by atoms with Crippen molar-refractivity contribution in [3.8, 4) is 0 Å². The van der Waals surface area contributed by atoms with Crippen molar-refractivity contribution in [1.29, 1.82) is 0 Å². The lowest BCUT2D eigenvalue weighted by molar-refractivity contribution is -0.384. The number of carbonyl (C=O) groups is 2. The van der Waals surface area contributed by atoms with Crippen molar-refractivity contribution in [3.63, 3.8) is 0 Å². The second-order valence-electron chi connectivity index (χ2n) is 15.5. The minimum absolute atomic E-state index is 0.726. The van der Waals surface area contributed by atoms with E-state index < -0.39 is 198 Å². The van der Waals surface area contributed by atoms with E-state index in [0.717, 1.165) is 13.8 Å². The van der Waals surface area contributed by atoms with E-state index in [1.54, 1.807) is 0 Å². The lowest BCUT2D eigenvalue weighted by atomic mass is 9.95. The van der Waals surface area contributed by atoms with Crippen molar-refractivity contribution in [1.82, 2.24) is 10.6 Å². The van der Waals surface area contributed by atoms with E-state index in [-0.39, 0.29) is 0 Å². The monoisotopic (exact) mass is 910 g/mol. The lowest BCUT2D eigenvalue weighted by Gasteiger charge is -2.49. The molecule has 28 heteroatoms. The summed E-state index contributed by atoms with van der Waals surface area (Å²) >= 11 is 0. The normalized spacial score (nSPS) is 49.0. The van der Waals surface area contributed by atoms with Crippen LogP contribution in [0.3, 0.4) is 0 Å². The molecule has 0 aromatic heterocycles. The van der Waals surface area contributed by atoms with Crippen LogP contribution in [-0.4, -0.2) is 275 Å². The molecule has 5 aliphatic heterocycles. The number of ether oxygens (including phenoxy) is 9. The molecule has 1 unspecified atom stereocenters. The molecule has 0 aliphatic carbocycles. The summed E-state index contributed by atoms with van der Waals surface area (Å²) in [4.78, 5) is 23.9. The van der Waals surface area contributed by atoms with Crippen LogP contribution in [0, 0.1) is 0 Å². The van der Waals surface area contributed by atoms with Crippen molar-refractivity contribution in [2.45, 2.75) is 167 Å². The maximum atomic E-state index is 12.0. The Balaban J connectivity index is 1.44. The Kier molecular flexibility index (Phi) is 18.1. The standard InChI is InChI=1S/C34H58N2O26/c1-8(41)35-15-22(48)27(13(6-40)55-30(15)53)60-33-26(52)28(61-32-25(51)23(49)18(44)11(4-38)57-32)20(46)14(59-33)7-54-34-29(24(50)19(45)12(5-39)58-34)62-31-16(36-9(2)42)21(47)17(43)10(3-37)56-31/h10-34,37-40,43-53H,3-7H2,1-2H3,(H,35,41)(H,36,42)/t10-,11-,12-,13-,14-,15-,16-,17-,18-,19-,20-,21-,22-,23+,24+,25+,26+,27-,28+,29+,30?,31+,32-,33+,34+/m1/s1. The highest BCUT2D eigenvalue weighted by Gasteiger charge is 2.56. The van der Waals surface area contributed by atoms with E-state index in [1.807, 2.05) is 0 Å². The first-order valence-corrected chi connectivity index (χ1v) is 19.6. The van der Waals surface area contributed by atoms with Crippen molar-refractivity contribution in [2.24, 2.45) is 0 Å². The van der Waals surface area contributed by atoms with Gasteiger partial charge < -0.3 is 130 Å². The average Bonchev–Trinajstić information content (AvgIpc) is 3.23. The first kappa shape index (κ1) is 51.0. The fourth-order valence-electron chi connectivity index (χ4n) is 7.71. The highest BCUT2D eigenvalue weighted by atomic mass is 16.8. The third-order valence-electron chi connectivity index (χ3n) is 11.1. The zero-order valence-electron chi connectivity index (χ0n) is 33.2. The Morgan fingerprint density at radius 2 is 0.871 bits per heavy atom. The predicted molar refractivity (Wildman–Crippen MR) is 190 cm³/mol. The predicted octanol–water partition coefficient (Wildman–Crippen LogP) is -11.6. The highest BCUT2D eigenvalue weighted by molar-refractivity contribution is 5.73. The maximum absolute atomic E-state index is 12.0. The van der Waals surface area contributed by atoms with Gasteiger partial charge in [0.05, 0.1) is 33.0 Å². The minimum Gasteiger partial charge on any atom is -0.394 e. The van der Waals surface area contributed by atoms with Gasteiger partial charge in [-0.1, -0.05) is 0 Å². The van der Waals surface area contributed by atoms with Crippen molar-refractivity contribution in [2.75, 3.05) is 33.0 Å². The fraction of sp³-hybridized carbons (Fsp3) is 0.941. The molecule has 5 aliphatic rings. The first-order valence-electron chi connectivity index (χ1n) is 19.6. The number of aliphatic hydroxyl groups excluding tert-OH is 15. The first-order chi connectivity index (χ1) is 29.3. The number of aliphatic hydroxyl groups is 15. The van der Waals surface area contributed by atoms with E-state index in [2.05, 4.69) is 10.6 Å². The molecule has 25 atom stereocenters. The van der Waals surface area contributed by atoms with E-state index >= 15 is 0 Å². The van der Waals surface area contributed by atoms with E-state index in [4.69, 9.17) is 42.6 Å². The number of amides is 2. The molecular formula is C34H58N2O26. The summed E-state index contributed by atoms with van der Waals surface area (Å²) in [6.45, 7) is -2.38. The Hall–Kier alpha value is -2.02. The summed E-state index contributed by atoms with van der Waals surface area (Å²) in [5.41, 5.74) is 0. The molecule has 5 fully saturated rings. The molecular weight excluding hydrogens is 852 g/mol. The molecule has 5 heterocycles. The molecule has 0 aromatic rings. The molecule has 0 bridgehead atoms. The third-order valence-corrected chi connectivity index (χ3v) is 11.1. The molecule has 28 nitrogen and oxygen atoms in total. The van der Waals surface area contributed by atoms with Gasteiger partial charge in [-0.15, -0.1) is 0 Å². The maximum Gasteiger partial charge on any atom is 0.217 e. The number of rotatable bonds is 15. The SMILES string of the molecule is CC(=O)N[C@H]1[C@H](O[C@@H]2[C@@H](OC[C@H]3O[C@@H](O[C@H]4[C@H](O)[C@@H](NC(C)=O)C(O)O[C@@H]4CO)[C@@H](O)[C@@H](O[C@H]4O[C@H](CO)[C@@H](O)[C@H](O)[C@@H]4O)[C@@H]3O)O[C@H](CO)[C@@H](O)[C@@H]2O)O[C@H](CO)[C@@H](O)[C@@H]1O. The second-order valence-corrected chi connectivity index (χ2v) is 15.5. The molecule has 5 saturated heterocycles. The highest BCUT2D eigenvalue weighted by Crippen LogP contribution is 2.35. The zero-order valence-corrected chi connectivity index (χ0v) is 33.2. The number of carbonyl (C=O) groups excluding carboxylic acids is 2. The summed E-state index contributed by atoms with van der Waals surface area (Å²) in [7, 11) is 0. The van der Waals surface area contributed by atoms with Crippen molar-refractivity contribution in [3.05, 3.63) is 0 Å². The quantitative estimate of drug-likeness (QED) is 0.0725. The molecule has 5 rings (SSSR count). The molecule has 0 spiro atoms. The van der Waals surface area contributed by atoms with Gasteiger partial charge in [-0.25, -0.2) is 0 Å². The van der Waals surface area contributed by atoms with Gasteiger partial charge in [0.1, 0.15) is 122 Å². The van der Waals surface area contributed by atoms with Crippen LogP contribution in [0.5, 0.6) is 0 Å². The van der Waals surface area contributed by atoms with Crippen LogP contribution in [0.25, 0.3) is 0 Å². The lowest BCUT2D eigenvalue weighted by Crippen LogP contribution is -2.68. The van der Waals surface area contributed by atoms with E-state index in [1.165, 1.54) is 0 Å². The van der Waals surface area contributed by atoms with Crippen LogP contribution in [0.15, 0.2) is 0 Å². The van der Waals surface area contributed by atoms with Crippen molar-refractivity contribution >= 4 is 11.8 Å². The summed E-state index contributed by atoms with van der Waals surface area (Å²) in [5.74, 6) is -1.46. The molecule has 0 aromatic carbocycles. The molecule has 360 valence electrons. The van der Waals surface area contributed by atoms with Crippen molar-refractivity contribution < 1.29 is 129 Å². The van der Waals surface area contributed by atoms with Gasteiger partial charge in [0.2, 0.25) is 11.8 Å². The summed E-state index contributed by atoms with van der Waals surface area (Å²) in [6.07, 6.45) is -42.7. The van der Waals surface area contributed by atoms with Gasteiger partial charge in [0.15, 0.2) is 31.5 Å². The Morgan fingerprint density at radius 3 is 1.44 bits per heavy atom. The van der Waals surface area contributed by atoms with Crippen LogP contribution in [0.4, 0.5) is 0 Å². The van der Waals surface area contributed by atoms with Gasteiger partial charge in [-0.3, -0.25) is 9.59 Å². The topological polar surface area (TPSA) is 445 Å². The minimum atomic E-state index is -2.17. The van der Waals surface area contributed by atoms with Crippen LogP contribution in [0.1, 0.15) is 13.8 Å². The number of hydrogen-bond acceptors (Lipinski definition) is 26. The molecule has 0 radical (unpaired) electrons. The average molecular weight is 911 g/mol. The third kappa shape index (κ3) is 11.0. The molecule has 17 N–H and O–H groups in total. The van der Waals surface area contributed by atoms with E-state index in [0.29, 0.717) is 0 Å². The van der Waals surface area contributed by atoms with E-state index in [9.17, 15) is 86.2 Å². The Labute approximate surface area is 351 Å². The van der Waals surface area contributed by atoms with Gasteiger partial charge in [-0.05, 0) is 0 Å².